The van der Waals surface area contributed by atoms with Crippen molar-refractivity contribution in [3.8, 4) is 6.07 Å². The van der Waals surface area contributed by atoms with Gasteiger partial charge in [-0.3, -0.25) is 4.79 Å². The Balaban J connectivity index is 2.20. The fourth-order valence-electron chi connectivity index (χ4n) is 1.74. The maximum atomic E-state index is 13.7. The van der Waals surface area contributed by atoms with Crippen molar-refractivity contribution in [1.29, 1.82) is 5.26 Å². The molecule has 0 saturated heterocycles. The van der Waals surface area contributed by atoms with Gasteiger partial charge in [0.15, 0.2) is 0 Å². The topological polar surface area (TPSA) is 57.2 Å². The molecule has 0 aliphatic carbocycles. The van der Waals surface area contributed by atoms with Gasteiger partial charge < -0.3 is 9.32 Å². The summed E-state index contributed by atoms with van der Waals surface area (Å²) in [6.45, 7) is 0.0295. The largest absolute Gasteiger partial charge is 0.452 e. The number of benzene rings is 1. The zero-order chi connectivity index (χ0) is 14.7. The summed E-state index contributed by atoms with van der Waals surface area (Å²) in [6, 6.07) is 7.38. The molecule has 0 radical (unpaired) electrons. The third kappa shape index (κ3) is 2.81. The molecule has 6 heteroatoms. The van der Waals surface area contributed by atoms with Gasteiger partial charge in [-0.15, -0.1) is 0 Å². The summed E-state index contributed by atoms with van der Waals surface area (Å²) in [7, 11) is 1.52. The van der Waals surface area contributed by atoms with Crippen LogP contribution in [0.4, 0.5) is 4.39 Å². The first-order valence-corrected chi connectivity index (χ1v) is 6.07. The van der Waals surface area contributed by atoms with Crippen LogP contribution in [0, 0.1) is 17.1 Å². The lowest BCUT2D eigenvalue weighted by molar-refractivity contribution is 0.0783. The first-order chi connectivity index (χ1) is 9.52. The van der Waals surface area contributed by atoms with Gasteiger partial charge >= 0.3 is 0 Å². The first-order valence-electron chi connectivity index (χ1n) is 5.70. The van der Waals surface area contributed by atoms with Crippen molar-refractivity contribution in [3.63, 3.8) is 0 Å². The van der Waals surface area contributed by atoms with Crippen molar-refractivity contribution >= 4 is 17.5 Å². The van der Waals surface area contributed by atoms with E-state index in [1.807, 2.05) is 6.07 Å². The van der Waals surface area contributed by atoms with Crippen molar-refractivity contribution < 1.29 is 13.6 Å². The Kier molecular flexibility index (Phi) is 4.06. The van der Waals surface area contributed by atoms with Gasteiger partial charge in [0.1, 0.15) is 5.82 Å². The number of hydrogen-bond donors (Lipinski definition) is 0. The van der Waals surface area contributed by atoms with Crippen LogP contribution in [0.15, 0.2) is 34.9 Å². The second-order valence-electron chi connectivity index (χ2n) is 4.19. The highest BCUT2D eigenvalue weighted by molar-refractivity contribution is 6.32. The zero-order valence-corrected chi connectivity index (χ0v) is 11.3. The normalized spacial score (nSPS) is 10.1. The van der Waals surface area contributed by atoms with E-state index in [0.717, 1.165) is 0 Å². The van der Waals surface area contributed by atoms with E-state index in [4.69, 9.17) is 21.3 Å². The van der Waals surface area contributed by atoms with Crippen LogP contribution in [-0.2, 0) is 6.54 Å². The lowest BCUT2D eigenvalue weighted by Crippen LogP contribution is -2.26. The molecule has 1 aromatic heterocycles. The molecule has 1 amide bonds. The van der Waals surface area contributed by atoms with Gasteiger partial charge in [0.05, 0.1) is 23.5 Å². The van der Waals surface area contributed by atoms with Crippen LogP contribution in [0.2, 0.25) is 5.22 Å². The lowest BCUT2D eigenvalue weighted by atomic mass is 10.1. The highest BCUT2D eigenvalue weighted by Crippen LogP contribution is 2.20. The number of carbonyl (C=O) groups excluding carboxylic acids is 1. The molecule has 1 aromatic carbocycles. The van der Waals surface area contributed by atoms with Crippen LogP contribution < -0.4 is 0 Å². The molecule has 0 unspecified atom stereocenters. The van der Waals surface area contributed by atoms with E-state index in [-0.39, 0.29) is 28.8 Å². The van der Waals surface area contributed by atoms with E-state index < -0.39 is 5.82 Å². The smallest absolute Gasteiger partial charge is 0.258 e. The molecule has 0 bridgehead atoms. The minimum Gasteiger partial charge on any atom is -0.452 e. The Labute approximate surface area is 120 Å². The maximum Gasteiger partial charge on any atom is 0.258 e. The summed E-state index contributed by atoms with van der Waals surface area (Å²) < 4.78 is 18.5. The predicted molar refractivity (Wildman–Crippen MR) is 70.6 cm³/mol. The average molecular weight is 293 g/mol. The van der Waals surface area contributed by atoms with Gasteiger partial charge in [0.2, 0.25) is 5.22 Å². The molecule has 102 valence electrons. The summed E-state index contributed by atoms with van der Waals surface area (Å²) in [5.74, 6) is -0.854. The highest BCUT2D eigenvalue weighted by Gasteiger charge is 2.18. The standard InChI is InChI=1S/C14H10ClFN2O2/c1-18(14(19)11-4-5-20-13(11)15)8-10-6-9(7-17)2-3-12(10)16/h2-6H,8H2,1H3. The maximum absolute atomic E-state index is 13.7. The van der Waals surface area contributed by atoms with Gasteiger partial charge in [-0.1, -0.05) is 0 Å². The molecule has 2 aromatic rings. The van der Waals surface area contributed by atoms with Crippen molar-refractivity contribution in [3.05, 3.63) is 58.3 Å². The second kappa shape index (κ2) is 5.76. The third-order valence-corrected chi connectivity index (χ3v) is 3.07. The molecule has 0 N–H and O–H groups in total. The van der Waals surface area contributed by atoms with Crippen LogP contribution in [0.1, 0.15) is 21.5 Å². The first kappa shape index (κ1) is 14.1. The molecular weight excluding hydrogens is 283 g/mol. The van der Waals surface area contributed by atoms with Crippen LogP contribution in [0.3, 0.4) is 0 Å². The van der Waals surface area contributed by atoms with Gasteiger partial charge in [0.25, 0.3) is 5.91 Å². The molecule has 0 saturated carbocycles. The number of furan rings is 1. The number of carbonyl (C=O) groups is 1. The molecule has 20 heavy (non-hydrogen) atoms. The minimum absolute atomic E-state index is 0.00639. The quantitative estimate of drug-likeness (QED) is 0.873. The van der Waals surface area contributed by atoms with E-state index >= 15 is 0 Å². The number of amides is 1. The van der Waals surface area contributed by atoms with Crippen LogP contribution in [-0.4, -0.2) is 17.9 Å². The molecule has 0 atom stereocenters. The van der Waals surface area contributed by atoms with Gasteiger partial charge in [-0.05, 0) is 35.9 Å². The SMILES string of the molecule is CN(Cc1cc(C#N)ccc1F)C(=O)c1ccoc1Cl. The number of rotatable bonds is 3. The molecule has 0 spiro atoms. The molecule has 1 heterocycles. The molecule has 0 aliphatic rings. The monoisotopic (exact) mass is 292 g/mol. The Morgan fingerprint density at radius 2 is 2.25 bits per heavy atom. The molecule has 4 nitrogen and oxygen atoms in total. The van der Waals surface area contributed by atoms with E-state index in [1.165, 1.54) is 42.5 Å². The number of nitrogens with zero attached hydrogens (tertiary/aromatic N) is 2. The molecule has 0 fully saturated rings. The summed E-state index contributed by atoms with van der Waals surface area (Å²) in [6.07, 6.45) is 1.31. The van der Waals surface area contributed by atoms with Crippen LogP contribution in [0.5, 0.6) is 0 Å². The number of hydrogen-bond acceptors (Lipinski definition) is 3. The van der Waals surface area contributed by atoms with Crippen LogP contribution in [0.25, 0.3) is 0 Å². The van der Waals surface area contributed by atoms with Gasteiger partial charge in [-0.2, -0.15) is 5.26 Å². The lowest BCUT2D eigenvalue weighted by Gasteiger charge is -2.17. The molecular formula is C14H10ClFN2O2. The van der Waals surface area contributed by atoms with Crippen molar-refractivity contribution in [2.45, 2.75) is 6.54 Å². The van der Waals surface area contributed by atoms with E-state index in [2.05, 4.69) is 0 Å². The average Bonchev–Trinajstić information content (AvgIpc) is 2.86. The van der Waals surface area contributed by atoms with Gasteiger partial charge in [0, 0.05) is 19.2 Å². The summed E-state index contributed by atoms with van der Waals surface area (Å²) in [5, 5.41) is 8.79. The predicted octanol–water partition coefficient (Wildman–Crippen LogP) is 3.22. The van der Waals surface area contributed by atoms with E-state index in [9.17, 15) is 9.18 Å². The van der Waals surface area contributed by atoms with E-state index in [1.54, 1.807) is 0 Å². The second-order valence-corrected chi connectivity index (χ2v) is 4.53. The minimum atomic E-state index is -0.470. The van der Waals surface area contributed by atoms with Crippen molar-refractivity contribution in [2.75, 3.05) is 7.05 Å². The third-order valence-electron chi connectivity index (χ3n) is 2.78. The Hall–Kier alpha value is -2.32. The number of halogens is 2. The van der Waals surface area contributed by atoms with Gasteiger partial charge in [-0.25, -0.2) is 4.39 Å². The summed E-state index contributed by atoms with van der Waals surface area (Å²) in [5.41, 5.74) is 0.814. The summed E-state index contributed by atoms with van der Waals surface area (Å²) in [4.78, 5) is 13.4. The summed E-state index contributed by atoms with van der Waals surface area (Å²) >= 11 is 5.73. The number of nitriles is 1. The van der Waals surface area contributed by atoms with Crippen molar-refractivity contribution in [1.82, 2.24) is 4.90 Å². The molecule has 2 rings (SSSR count). The zero-order valence-electron chi connectivity index (χ0n) is 10.6. The Bertz CT molecular complexity index is 691. The fraction of sp³-hybridized carbons (Fsp3) is 0.143. The highest BCUT2D eigenvalue weighted by atomic mass is 35.5. The Morgan fingerprint density at radius 1 is 1.50 bits per heavy atom. The Morgan fingerprint density at radius 3 is 2.85 bits per heavy atom. The van der Waals surface area contributed by atoms with Crippen LogP contribution >= 0.6 is 11.6 Å². The molecule has 0 aliphatic heterocycles. The van der Waals surface area contributed by atoms with E-state index in [0.29, 0.717) is 5.56 Å². The fourth-order valence-corrected chi connectivity index (χ4v) is 1.94. The van der Waals surface area contributed by atoms with Crippen molar-refractivity contribution in [2.24, 2.45) is 0 Å².